The predicted molar refractivity (Wildman–Crippen MR) is 68.3 cm³/mol. The predicted octanol–water partition coefficient (Wildman–Crippen LogP) is -0.0631. The fourth-order valence-electron chi connectivity index (χ4n) is 2.27. The van der Waals surface area contributed by atoms with Gasteiger partial charge in [0.05, 0.1) is 7.11 Å². The Kier molecular flexibility index (Phi) is 5.12. The largest absolute Gasteiger partial charge is 0.468 e. The SMILES string of the molecule is COC(=O)C(C)S(=O)(=O)N1CCC(C)CC1CN. The fourth-order valence-corrected chi connectivity index (χ4v) is 3.96. The lowest BCUT2D eigenvalue weighted by atomic mass is 9.94. The summed E-state index contributed by atoms with van der Waals surface area (Å²) in [4.78, 5) is 11.4. The molecule has 0 amide bonds. The summed E-state index contributed by atoms with van der Waals surface area (Å²) < 4.78 is 30.5. The van der Waals surface area contributed by atoms with Gasteiger partial charge in [-0.3, -0.25) is 4.79 Å². The quantitative estimate of drug-likeness (QED) is 0.727. The molecule has 0 aliphatic carbocycles. The molecular weight excluding hydrogens is 256 g/mol. The first-order chi connectivity index (χ1) is 8.34. The van der Waals surface area contributed by atoms with E-state index in [4.69, 9.17) is 5.73 Å². The molecule has 0 aromatic heterocycles. The van der Waals surface area contributed by atoms with Crippen molar-refractivity contribution in [2.24, 2.45) is 11.7 Å². The first-order valence-electron chi connectivity index (χ1n) is 6.13. The lowest BCUT2D eigenvalue weighted by molar-refractivity contribution is -0.139. The van der Waals surface area contributed by atoms with Crippen LogP contribution in [0.15, 0.2) is 0 Å². The van der Waals surface area contributed by atoms with Crippen LogP contribution in [-0.2, 0) is 19.6 Å². The summed E-state index contributed by atoms with van der Waals surface area (Å²) in [6.45, 7) is 4.13. The van der Waals surface area contributed by atoms with Crippen molar-refractivity contribution < 1.29 is 17.9 Å². The van der Waals surface area contributed by atoms with Gasteiger partial charge in [-0.15, -0.1) is 0 Å². The van der Waals surface area contributed by atoms with Crippen molar-refractivity contribution in [1.29, 1.82) is 0 Å². The maximum Gasteiger partial charge on any atom is 0.325 e. The Balaban J connectivity index is 2.93. The number of nitrogens with zero attached hydrogens (tertiary/aromatic N) is 1. The number of hydrogen-bond acceptors (Lipinski definition) is 5. The number of rotatable bonds is 4. The molecule has 18 heavy (non-hydrogen) atoms. The van der Waals surface area contributed by atoms with Crippen LogP contribution < -0.4 is 5.73 Å². The van der Waals surface area contributed by atoms with E-state index in [2.05, 4.69) is 11.7 Å². The second-order valence-electron chi connectivity index (χ2n) is 4.84. The summed E-state index contributed by atoms with van der Waals surface area (Å²) in [6, 6.07) is -0.217. The molecule has 6 nitrogen and oxygen atoms in total. The molecule has 1 aliphatic rings. The number of piperidine rings is 1. The number of methoxy groups -OCH3 is 1. The molecule has 1 rings (SSSR count). The Morgan fingerprint density at radius 3 is 2.67 bits per heavy atom. The zero-order chi connectivity index (χ0) is 13.9. The van der Waals surface area contributed by atoms with E-state index in [1.165, 1.54) is 18.3 Å². The molecule has 0 spiro atoms. The molecule has 7 heteroatoms. The van der Waals surface area contributed by atoms with E-state index in [0.29, 0.717) is 12.5 Å². The van der Waals surface area contributed by atoms with Gasteiger partial charge >= 0.3 is 5.97 Å². The monoisotopic (exact) mass is 278 g/mol. The average Bonchev–Trinajstić information content (AvgIpc) is 2.36. The van der Waals surface area contributed by atoms with E-state index in [0.717, 1.165) is 12.8 Å². The maximum atomic E-state index is 12.3. The molecule has 0 aromatic rings. The van der Waals surface area contributed by atoms with Crippen LogP contribution in [-0.4, -0.2) is 50.2 Å². The Bertz CT molecular complexity index is 396. The molecule has 0 bridgehead atoms. The zero-order valence-corrected chi connectivity index (χ0v) is 11.9. The number of sulfonamides is 1. The Morgan fingerprint density at radius 1 is 1.56 bits per heavy atom. The Hall–Kier alpha value is -0.660. The highest BCUT2D eigenvalue weighted by Crippen LogP contribution is 2.26. The summed E-state index contributed by atoms with van der Waals surface area (Å²) in [5.41, 5.74) is 5.64. The molecule has 0 aromatic carbocycles. The highest BCUT2D eigenvalue weighted by molar-refractivity contribution is 7.90. The second-order valence-corrected chi connectivity index (χ2v) is 7.05. The van der Waals surface area contributed by atoms with Crippen LogP contribution in [0.5, 0.6) is 0 Å². The Labute approximate surface area is 109 Å². The molecule has 1 heterocycles. The lowest BCUT2D eigenvalue weighted by Crippen LogP contribution is -2.53. The average molecular weight is 278 g/mol. The standard InChI is InChI=1S/C11H22N2O4S/c1-8-4-5-13(10(6-8)7-12)18(15,16)9(2)11(14)17-3/h8-10H,4-7,12H2,1-3H3. The number of carbonyl (C=O) groups is 1. The number of nitrogens with two attached hydrogens (primary N) is 1. The summed E-state index contributed by atoms with van der Waals surface area (Å²) in [5, 5.41) is -1.18. The third-order valence-electron chi connectivity index (χ3n) is 3.50. The van der Waals surface area contributed by atoms with E-state index >= 15 is 0 Å². The summed E-state index contributed by atoms with van der Waals surface area (Å²) in [6.07, 6.45) is 1.53. The van der Waals surface area contributed by atoms with E-state index in [9.17, 15) is 13.2 Å². The van der Waals surface area contributed by atoms with Crippen LogP contribution in [0, 0.1) is 5.92 Å². The van der Waals surface area contributed by atoms with Gasteiger partial charge in [-0.1, -0.05) is 6.92 Å². The topological polar surface area (TPSA) is 89.7 Å². The lowest BCUT2D eigenvalue weighted by Gasteiger charge is -2.37. The normalized spacial score (nSPS) is 27.8. The maximum absolute atomic E-state index is 12.3. The first kappa shape index (κ1) is 15.4. The summed E-state index contributed by atoms with van der Waals surface area (Å²) in [5.74, 6) is -0.275. The van der Waals surface area contributed by atoms with Crippen molar-refractivity contribution in [2.45, 2.75) is 38.0 Å². The van der Waals surface area contributed by atoms with Gasteiger partial charge in [0, 0.05) is 19.1 Å². The molecule has 1 fully saturated rings. The van der Waals surface area contributed by atoms with Crippen LogP contribution in [0.3, 0.4) is 0 Å². The third-order valence-corrected chi connectivity index (χ3v) is 5.72. The number of esters is 1. The van der Waals surface area contributed by atoms with Crippen LogP contribution in [0.4, 0.5) is 0 Å². The van der Waals surface area contributed by atoms with E-state index < -0.39 is 21.2 Å². The molecule has 3 unspecified atom stereocenters. The smallest absolute Gasteiger partial charge is 0.325 e. The van der Waals surface area contributed by atoms with Crippen molar-refractivity contribution in [3.63, 3.8) is 0 Å². The van der Waals surface area contributed by atoms with Gasteiger partial charge in [0.25, 0.3) is 0 Å². The van der Waals surface area contributed by atoms with Gasteiger partial charge in [0.1, 0.15) is 0 Å². The van der Waals surface area contributed by atoms with Crippen LogP contribution in [0.2, 0.25) is 0 Å². The minimum Gasteiger partial charge on any atom is -0.468 e. The van der Waals surface area contributed by atoms with Gasteiger partial charge in [0.2, 0.25) is 10.0 Å². The van der Waals surface area contributed by atoms with Crippen molar-refractivity contribution in [2.75, 3.05) is 20.2 Å². The minimum atomic E-state index is -3.68. The van der Waals surface area contributed by atoms with Crippen molar-refractivity contribution in [3.05, 3.63) is 0 Å². The molecule has 0 radical (unpaired) electrons. The zero-order valence-electron chi connectivity index (χ0n) is 11.1. The minimum absolute atomic E-state index is 0.217. The molecule has 106 valence electrons. The van der Waals surface area contributed by atoms with Crippen molar-refractivity contribution >= 4 is 16.0 Å². The van der Waals surface area contributed by atoms with Crippen LogP contribution >= 0.6 is 0 Å². The molecule has 0 saturated carbocycles. The first-order valence-corrected chi connectivity index (χ1v) is 7.63. The summed E-state index contributed by atoms with van der Waals surface area (Å²) in [7, 11) is -2.49. The van der Waals surface area contributed by atoms with Gasteiger partial charge in [0.15, 0.2) is 5.25 Å². The third kappa shape index (κ3) is 3.02. The number of ether oxygens (including phenoxy) is 1. The second kappa shape index (κ2) is 5.99. The van der Waals surface area contributed by atoms with Crippen molar-refractivity contribution in [1.82, 2.24) is 4.31 Å². The molecule has 3 atom stereocenters. The van der Waals surface area contributed by atoms with Crippen LogP contribution in [0.1, 0.15) is 26.7 Å². The number of carbonyl (C=O) groups excluding carboxylic acids is 1. The van der Waals surface area contributed by atoms with Gasteiger partial charge in [-0.25, -0.2) is 8.42 Å². The highest BCUT2D eigenvalue weighted by atomic mass is 32.2. The molecule has 1 saturated heterocycles. The van der Waals surface area contributed by atoms with Gasteiger partial charge < -0.3 is 10.5 Å². The summed E-state index contributed by atoms with van der Waals surface area (Å²) >= 11 is 0. The van der Waals surface area contributed by atoms with Crippen molar-refractivity contribution in [3.8, 4) is 0 Å². The highest BCUT2D eigenvalue weighted by Gasteiger charge is 2.40. The van der Waals surface area contributed by atoms with Gasteiger partial charge in [-0.05, 0) is 25.7 Å². The fraction of sp³-hybridized carbons (Fsp3) is 0.909. The van der Waals surface area contributed by atoms with E-state index in [1.807, 2.05) is 0 Å². The molecule has 1 aliphatic heterocycles. The number of hydrogen-bond donors (Lipinski definition) is 1. The van der Waals surface area contributed by atoms with Gasteiger partial charge in [-0.2, -0.15) is 4.31 Å². The van der Waals surface area contributed by atoms with E-state index in [1.54, 1.807) is 0 Å². The van der Waals surface area contributed by atoms with E-state index in [-0.39, 0.29) is 12.6 Å². The molecule has 2 N–H and O–H groups in total. The van der Waals surface area contributed by atoms with Crippen LogP contribution in [0.25, 0.3) is 0 Å². The molecular formula is C11H22N2O4S. The Morgan fingerprint density at radius 2 is 2.17 bits per heavy atom.